The fourth-order valence-electron chi connectivity index (χ4n) is 1.36. The number of hydrogen-bond acceptors (Lipinski definition) is 3. The molecular formula is C12H14N2O3. The lowest BCUT2D eigenvalue weighted by Gasteiger charge is -2.11. The van der Waals surface area contributed by atoms with Crippen molar-refractivity contribution in [2.24, 2.45) is 0 Å². The Hall–Kier alpha value is -2.17. The standard InChI is InChI=1S/C12H14N2O3/c1-13-12(17)14-6-11(8-16)10-4-2-9(7-15)3-5-10/h2-5,7-8,11H,6H2,1H3,(H2,13,14,17). The Morgan fingerprint density at radius 1 is 1.29 bits per heavy atom. The number of rotatable bonds is 5. The van der Waals surface area contributed by atoms with E-state index in [1.54, 1.807) is 24.3 Å². The van der Waals surface area contributed by atoms with E-state index in [9.17, 15) is 14.4 Å². The summed E-state index contributed by atoms with van der Waals surface area (Å²) in [5.74, 6) is -0.409. The van der Waals surface area contributed by atoms with Gasteiger partial charge in [-0.25, -0.2) is 4.79 Å². The molecule has 2 N–H and O–H groups in total. The van der Waals surface area contributed by atoms with E-state index in [1.165, 1.54) is 7.05 Å². The van der Waals surface area contributed by atoms with Crippen LogP contribution in [0.15, 0.2) is 24.3 Å². The van der Waals surface area contributed by atoms with E-state index >= 15 is 0 Å². The first-order chi connectivity index (χ1) is 8.21. The van der Waals surface area contributed by atoms with Gasteiger partial charge >= 0.3 is 6.03 Å². The van der Waals surface area contributed by atoms with Crippen molar-refractivity contribution in [2.45, 2.75) is 5.92 Å². The third kappa shape index (κ3) is 3.71. The minimum absolute atomic E-state index is 0.226. The summed E-state index contributed by atoms with van der Waals surface area (Å²) in [5, 5.41) is 4.96. The molecule has 17 heavy (non-hydrogen) atoms. The first kappa shape index (κ1) is 12.9. The average Bonchev–Trinajstić information content (AvgIpc) is 2.39. The first-order valence-corrected chi connectivity index (χ1v) is 5.17. The van der Waals surface area contributed by atoms with Gasteiger partial charge in [-0.3, -0.25) is 4.79 Å². The predicted molar refractivity (Wildman–Crippen MR) is 63.1 cm³/mol. The Morgan fingerprint density at radius 3 is 2.41 bits per heavy atom. The maximum Gasteiger partial charge on any atom is 0.314 e. The van der Waals surface area contributed by atoms with E-state index in [1.807, 2.05) is 0 Å². The maximum atomic E-state index is 11.0. The Morgan fingerprint density at radius 2 is 1.94 bits per heavy atom. The third-order valence-corrected chi connectivity index (χ3v) is 2.37. The summed E-state index contributed by atoms with van der Waals surface area (Å²) in [6.45, 7) is 0.226. The molecule has 1 aromatic rings. The number of urea groups is 1. The zero-order chi connectivity index (χ0) is 12.7. The van der Waals surface area contributed by atoms with Crippen LogP contribution in [0.2, 0.25) is 0 Å². The van der Waals surface area contributed by atoms with Crippen LogP contribution in [0.1, 0.15) is 21.8 Å². The molecule has 0 radical (unpaired) electrons. The Balaban J connectivity index is 2.68. The summed E-state index contributed by atoms with van der Waals surface area (Å²) in [6, 6.07) is 6.35. The number of carbonyl (C=O) groups is 3. The molecule has 0 aliphatic heterocycles. The fourth-order valence-corrected chi connectivity index (χ4v) is 1.36. The highest BCUT2D eigenvalue weighted by Crippen LogP contribution is 2.13. The lowest BCUT2D eigenvalue weighted by atomic mass is 9.99. The van der Waals surface area contributed by atoms with Crippen LogP contribution in [0.25, 0.3) is 0 Å². The number of hydrogen-bond donors (Lipinski definition) is 2. The minimum Gasteiger partial charge on any atom is -0.341 e. The van der Waals surface area contributed by atoms with Gasteiger partial charge in [0.1, 0.15) is 12.6 Å². The summed E-state index contributed by atoms with van der Waals surface area (Å²) in [6.07, 6.45) is 1.51. The molecule has 5 heteroatoms. The number of carbonyl (C=O) groups excluding carboxylic acids is 3. The summed E-state index contributed by atoms with van der Waals surface area (Å²) >= 11 is 0. The first-order valence-electron chi connectivity index (χ1n) is 5.17. The molecular weight excluding hydrogens is 220 g/mol. The summed E-state index contributed by atoms with van der Waals surface area (Å²) in [5.41, 5.74) is 1.32. The molecule has 90 valence electrons. The van der Waals surface area contributed by atoms with E-state index in [0.29, 0.717) is 5.56 Å². The molecule has 1 rings (SSSR count). The van der Waals surface area contributed by atoms with Crippen LogP contribution < -0.4 is 10.6 Å². The molecule has 1 unspecified atom stereocenters. The Labute approximate surface area is 99.2 Å². The average molecular weight is 234 g/mol. The van der Waals surface area contributed by atoms with Gasteiger partial charge in [-0.05, 0) is 5.56 Å². The van der Waals surface area contributed by atoms with Crippen LogP contribution in [0.3, 0.4) is 0 Å². The van der Waals surface area contributed by atoms with Crippen molar-refractivity contribution in [2.75, 3.05) is 13.6 Å². The molecule has 0 saturated carbocycles. The SMILES string of the molecule is CNC(=O)NCC(C=O)c1ccc(C=O)cc1. The largest absolute Gasteiger partial charge is 0.341 e. The van der Waals surface area contributed by atoms with Gasteiger partial charge in [-0.15, -0.1) is 0 Å². The van der Waals surface area contributed by atoms with E-state index in [4.69, 9.17) is 0 Å². The molecule has 0 bridgehead atoms. The normalized spacial score (nSPS) is 11.4. The molecule has 0 spiro atoms. The van der Waals surface area contributed by atoms with Crippen molar-refractivity contribution < 1.29 is 14.4 Å². The van der Waals surface area contributed by atoms with E-state index in [-0.39, 0.29) is 12.6 Å². The maximum absolute atomic E-state index is 11.0. The van der Waals surface area contributed by atoms with Crippen molar-refractivity contribution >= 4 is 18.6 Å². The van der Waals surface area contributed by atoms with Gasteiger partial charge in [-0.2, -0.15) is 0 Å². The second-order valence-corrected chi connectivity index (χ2v) is 3.49. The van der Waals surface area contributed by atoms with Crippen LogP contribution in [0.4, 0.5) is 4.79 Å². The van der Waals surface area contributed by atoms with Gasteiger partial charge in [0.15, 0.2) is 0 Å². The molecule has 1 atom stereocenters. The zero-order valence-electron chi connectivity index (χ0n) is 9.47. The summed E-state index contributed by atoms with van der Waals surface area (Å²) < 4.78 is 0. The van der Waals surface area contributed by atoms with E-state index < -0.39 is 5.92 Å². The molecule has 0 aromatic heterocycles. The Kier molecular flexibility index (Phi) is 4.87. The highest BCUT2D eigenvalue weighted by atomic mass is 16.2. The lowest BCUT2D eigenvalue weighted by Crippen LogP contribution is -2.35. The number of nitrogens with one attached hydrogen (secondary N) is 2. The zero-order valence-corrected chi connectivity index (χ0v) is 9.47. The molecule has 2 amide bonds. The van der Waals surface area contributed by atoms with Gasteiger partial charge < -0.3 is 15.4 Å². The van der Waals surface area contributed by atoms with Crippen LogP contribution in [-0.2, 0) is 4.79 Å². The number of amides is 2. The smallest absolute Gasteiger partial charge is 0.314 e. The molecule has 5 nitrogen and oxygen atoms in total. The van der Waals surface area contributed by atoms with Crippen molar-refractivity contribution in [1.29, 1.82) is 0 Å². The Bertz CT molecular complexity index is 401. The van der Waals surface area contributed by atoms with E-state index in [0.717, 1.165) is 18.1 Å². The van der Waals surface area contributed by atoms with Crippen molar-refractivity contribution in [3.8, 4) is 0 Å². The van der Waals surface area contributed by atoms with Crippen LogP contribution in [0, 0.1) is 0 Å². The van der Waals surface area contributed by atoms with Crippen LogP contribution in [-0.4, -0.2) is 32.2 Å². The van der Waals surface area contributed by atoms with Gasteiger partial charge in [0.25, 0.3) is 0 Å². The van der Waals surface area contributed by atoms with Gasteiger partial charge in [0.05, 0.1) is 5.92 Å². The molecule has 0 saturated heterocycles. The molecule has 0 aliphatic carbocycles. The molecule has 0 heterocycles. The van der Waals surface area contributed by atoms with Gasteiger partial charge in [0, 0.05) is 19.2 Å². The molecule has 0 fully saturated rings. The van der Waals surface area contributed by atoms with Crippen LogP contribution in [0.5, 0.6) is 0 Å². The third-order valence-electron chi connectivity index (χ3n) is 2.37. The second-order valence-electron chi connectivity index (χ2n) is 3.49. The number of aldehydes is 2. The highest BCUT2D eigenvalue weighted by Gasteiger charge is 2.11. The quantitative estimate of drug-likeness (QED) is 0.737. The second kappa shape index (κ2) is 6.42. The van der Waals surface area contributed by atoms with Gasteiger partial charge in [0.2, 0.25) is 0 Å². The van der Waals surface area contributed by atoms with Crippen molar-refractivity contribution in [3.63, 3.8) is 0 Å². The highest BCUT2D eigenvalue weighted by molar-refractivity contribution is 5.76. The monoisotopic (exact) mass is 234 g/mol. The lowest BCUT2D eigenvalue weighted by molar-refractivity contribution is -0.108. The van der Waals surface area contributed by atoms with Crippen molar-refractivity contribution in [1.82, 2.24) is 10.6 Å². The van der Waals surface area contributed by atoms with Gasteiger partial charge in [-0.1, -0.05) is 24.3 Å². The summed E-state index contributed by atoms with van der Waals surface area (Å²) in [7, 11) is 1.50. The predicted octanol–water partition coefficient (Wildman–Crippen LogP) is 0.711. The van der Waals surface area contributed by atoms with Crippen LogP contribution >= 0.6 is 0 Å². The summed E-state index contributed by atoms with van der Waals surface area (Å²) in [4.78, 5) is 32.4. The molecule has 0 aliphatic rings. The minimum atomic E-state index is -0.409. The molecule has 1 aromatic carbocycles. The number of benzene rings is 1. The fraction of sp³-hybridized carbons (Fsp3) is 0.250. The van der Waals surface area contributed by atoms with Crippen molar-refractivity contribution in [3.05, 3.63) is 35.4 Å². The topological polar surface area (TPSA) is 75.3 Å². The van der Waals surface area contributed by atoms with E-state index in [2.05, 4.69) is 10.6 Å².